The molecule has 0 bridgehead atoms. The second-order valence-electron chi connectivity index (χ2n) is 10.9. The standard InChI is InChI=1S/C44H28O/c1-3-11-29(12-4-1)31-19-21-32(22-20-31)43-35-15-7-9-17-37(35)44(38-18-10-8-16-36(38)43)34-24-26-42-40(28-34)39-27-33(23-25-41(39)45-42)30-13-5-2-6-14-30/h1-28H/i1D,2D,3D,4D,5D,6D,11D,12D,13D,14D. The predicted molar refractivity (Wildman–Crippen MR) is 190 cm³/mol. The van der Waals surface area contributed by atoms with Gasteiger partial charge in [0, 0.05) is 10.8 Å². The molecular weight excluding hydrogens is 544 g/mol. The fraction of sp³-hybridized carbons (Fsp3) is 0. The summed E-state index contributed by atoms with van der Waals surface area (Å²) >= 11 is 0. The molecule has 0 aliphatic carbocycles. The van der Waals surface area contributed by atoms with E-state index in [1.54, 1.807) is 24.3 Å². The smallest absolute Gasteiger partial charge is 0.135 e. The Morgan fingerprint density at radius 2 is 0.733 bits per heavy atom. The minimum absolute atomic E-state index is 0.132. The van der Waals surface area contributed by atoms with E-state index in [0.717, 1.165) is 54.6 Å². The molecule has 0 unspecified atom stereocenters. The summed E-state index contributed by atoms with van der Waals surface area (Å²) < 4.78 is 89.0. The summed E-state index contributed by atoms with van der Waals surface area (Å²) in [5, 5.41) is 5.61. The van der Waals surface area contributed by atoms with Crippen molar-refractivity contribution in [2.75, 3.05) is 0 Å². The predicted octanol–water partition coefficient (Wildman–Crippen LogP) is 12.6. The minimum atomic E-state index is -0.436. The average Bonchev–Trinajstić information content (AvgIpc) is 3.57. The molecule has 0 aliphatic heterocycles. The molecule has 0 saturated heterocycles. The highest BCUT2D eigenvalue weighted by molar-refractivity contribution is 6.22. The van der Waals surface area contributed by atoms with Crippen LogP contribution in [0.1, 0.15) is 13.7 Å². The van der Waals surface area contributed by atoms with Crippen LogP contribution in [0.25, 0.3) is 88.0 Å². The molecule has 0 saturated carbocycles. The van der Waals surface area contributed by atoms with Crippen molar-refractivity contribution in [2.24, 2.45) is 0 Å². The lowest BCUT2D eigenvalue weighted by molar-refractivity contribution is 0.669. The summed E-state index contributed by atoms with van der Waals surface area (Å²) in [4.78, 5) is 0. The summed E-state index contributed by atoms with van der Waals surface area (Å²) in [6.07, 6.45) is 0. The molecule has 9 rings (SSSR count). The normalized spacial score (nSPS) is 14.7. The van der Waals surface area contributed by atoms with Gasteiger partial charge in [0.2, 0.25) is 0 Å². The maximum Gasteiger partial charge on any atom is 0.135 e. The molecule has 1 nitrogen and oxygen atoms in total. The van der Waals surface area contributed by atoms with E-state index in [9.17, 15) is 0 Å². The van der Waals surface area contributed by atoms with Crippen LogP contribution in [0.5, 0.6) is 0 Å². The quantitative estimate of drug-likeness (QED) is 0.188. The first-order chi connectivity index (χ1) is 26.5. The lowest BCUT2D eigenvalue weighted by Gasteiger charge is -2.18. The summed E-state index contributed by atoms with van der Waals surface area (Å²) in [5.74, 6) is 0. The zero-order valence-corrected chi connectivity index (χ0v) is 23.8. The molecule has 0 N–H and O–H groups in total. The summed E-state index contributed by atoms with van der Waals surface area (Å²) in [6, 6.07) is 31.8. The zero-order chi connectivity index (χ0) is 38.4. The van der Waals surface area contributed by atoms with E-state index in [1.165, 1.54) is 0 Å². The molecule has 0 atom stereocenters. The van der Waals surface area contributed by atoms with Crippen LogP contribution >= 0.6 is 0 Å². The Kier molecular flexibility index (Phi) is 4.01. The lowest BCUT2D eigenvalue weighted by atomic mass is 9.85. The zero-order valence-electron chi connectivity index (χ0n) is 33.8. The molecule has 1 heteroatoms. The first kappa shape index (κ1) is 17.4. The Hall–Kier alpha value is -5.92. The van der Waals surface area contributed by atoms with Gasteiger partial charge in [-0.1, -0.05) is 145 Å². The molecule has 1 heterocycles. The van der Waals surface area contributed by atoms with Crippen molar-refractivity contribution in [3.63, 3.8) is 0 Å². The molecule has 8 aromatic carbocycles. The molecule has 0 aliphatic rings. The van der Waals surface area contributed by atoms with Crippen LogP contribution in [-0.4, -0.2) is 0 Å². The highest BCUT2D eigenvalue weighted by Gasteiger charge is 2.18. The van der Waals surface area contributed by atoms with Crippen molar-refractivity contribution in [2.45, 2.75) is 0 Å². The SMILES string of the molecule is [2H]c1c([2H])c([2H])c(-c2ccc(-c3c4ccccc4c(-c4ccc5oc6ccc(-c7c([2H])c([2H])c([2H])c([2H])c7[2H])cc6c5c4)c4ccccc34)cc2)c([2H])c1[2H]. The van der Waals surface area contributed by atoms with E-state index in [-0.39, 0.29) is 59.5 Å². The van der Waals surface area contributed by atoms with Crippen LogP contribution in [0.3, 0.4) is 0 Å². The second-order valence-corrected chi connectivity index (χ2v) is 10.9. The van der Waals surface area contributed by atoms with Crippen molar-refractivity contribution in [3.8, 4) is 44.5 Å². The fourth-order valence-corrected chi connectivity index (χ4v) is 6.43. The third kappa shape index (κ3) is 4.24. The van der Waals surface area contributed by atoms with E-state index in [1.807, 2.05) is 54.6 Å². The highest BCUT2D eigenvalue weighted by Crippen LogP contribution is 2.45. The Labute approximate surface area is 275 Å². The van der Waals surface area contributed by atoms with Crippen LogP contribution in [0.2, 0.25) is 0 Å². The van der Waals surface area contributed by atoms with Crippen molar-refractivity contribution >= 4 is 43.5 Å². The van der Waals surface area contributed by atoms with E-state index in [0.29, 0.717) is 22.3 Å². The largest absolute Gasteiger partial charge is 0.456 e. The molecule has 210 valence electrons. The fourth-order valence-electron chi connectivity index (χ4n) is 6.43. The van der Waals surface area contributed by atoms with E-state index < -0.39 is 12.1 Å². The molecule has 0 radical (unpaired) electrons. The van der Waals surface area contributed by atoms with E-state index in [4.69, 9.17) is 18.1 Å². The first-order valence-electron chi connectivity index (χ1n) is 19.6. The average molecular weight is 583 g/mol. The minimum Gasteiger partial charge on any atom is -0.456 e. The van der Waals surface area contributed by atoms with E-state index >= 15 is 0 Å². The molecular formula is C44H28O. The van der Waals surface area contributed by atoms with Crippen molar-refractivity contribution < 1.29 is 18.1 Å². The van der Waals surface area contributed by atoms with Crippen LogP contribution in [0.4, 0.5) is 0 Å². The number of rotatable bonds is 4. The number of furan rings is 1. The monoisotopic (exact) mass is 582 g/mol. The van der Waals surface area contributed by atoms with Crippen LogP contribution in [0.15, 0.2) is 174 Å². The van der Waals surface area contributed by atoms with Gasteiger partial charge in [-0.25, -0.2) is 0 Å². The number of hydrogen-bond acceptors (Lipinski definition) is 1. The van der Waals surface area contributed by atoms with Crippen molar-refractivity contribution in [1.29, 1.82) is 0 Å². The van der Waals surface area contributed by atoms with Gasteiger partial charge in [-0.15, -0.1) is 0 Å². The van der Waals surface area contributed by atoms with Crippen LogP contribution in [0, 0.1) is 0 Å². The number of benzene rings is 8. The molecule has 45 heavy (non-hydrogen) atoms. The lowest BCUT2D eigenvalue weighted by Crippen LogP contribution is -1.91. The van der Waals surface area contributed by atoms with Gasteiger partial charge in [0.25, 0.3) is 0 Å². The molecule has 0 amide bonds. The van der Waals surface area contributed by atoms with Gasteiger partial charge >= 0.3 is 0 Å². The van der Waals surface area contributed by atoms with Gasteiger partial charge in [0.1, 0.15) is 11.2 Å². The summed E-state index contributed by atoms with van der Waals surface area (Å²) in [7, 11) is 0. The molecule has 0 spiro atoms. The van der Waals surface area contributed by atoms with Gasteiger partial charge in [0.15, 0.2) is 0 Å². The Morgan fingerprint density at radius 1 is 0.333 bits per heavy atom. The van der Waals surface area contributed by atoms with Gasteiger partial charge in [-0.2, -0.15) is 0 Å². The van der Waals surface area contributed by atoms with Gasteiger partial charge in [-0.3, -0.25) is 0 Å². The second kappa shape index (κ2) is 10.4. The van der Waals surface area contributed by atoms with Gasteiger partial charge < -0.3 is 4.42 Å². The maximum absolute atomic E-state index is 8.54. The van der Waals surface area contributed by atoms with Gasteiger partial charge in [0.05, 0.1) is 13.7 Å². The third-order valence-corrected chi connectivity index (χ3v) is 8.44. The molecule has 0 fully saturated rings. The number of fused-ring (bicyclic) bond motifs is 5. The van der Waals surface area contributed by atoms with Crippen LogP contribution < -0.4 is 0 Å². The van der Waals surface area contributed by atoms with Crippen molar-refractivity contribution in [3.05, 3.63) is 170 Å². The topological polar surface area (TPSA) is 13.1 Å². The van der Waals surface area contributed by atoms with Crippen LogP contribution in [-0.2, 0) is 0 Å². The molecule has 9 aromatic rings. The Bertz CT molecular complexity index is 2980. The highest BCUT2D eigenvalue weighted by atomic mass is 16.3. The first-order valence-corrected chi connectivity index (χ1v) is 14.6. The Morgan fingerprint density at radius 3 is 1.27 bits per heavy atom. The Balaban J connectivity index is 1.23. The molecule has 1 aromatic heterocycles. The summed E-state index contributed by atoms with van der Waals surface area (Å²) in [6.45, 7) is 0. The van der Waals surface area contributed by atoms with Crippen molar-refractivity contribution in [1.82, 2.24) is 0 Å². The van der Waals surface area contributed by atoms with E-state index in [2.05, 4.69) is 30.3 Å². The van der Waals surface area contributed by atoms with Gasteiger partial charge in [-0.05, 0) is 90.3 Å². The third-order valence-electron chi connectivity index (χ3n) is 8.44. The number of hydrogen-bond donors (Lipinski definition) is 0. The maximum atomic E-state index is 8.54. The summed E-state index contributed by atoms with van der Waals surface area (Å²) in [5.41, 5.74) is 6.45.